The van der Waals surface area contributed by atoms with Crippen molar-refractivity contribution in [3.63, 3.8) is 0 Å². The van der Waals surface area contributed by atoms with Gasteiger partial charge < -0.3 is 15.6 Å². The number of aromatic amines is 1. The molecule has 0 aliphatic carbocycles. The van der Waals surface area contributed by atoms with Gasteiger partial charge in [-0.25, -0.2) is 4.39 Å². The Hall–Kier alpha value is -3.07. The second-order valence-electron chi connectivity index (χ2n) is 8.70. The van der Waals surface area contributed by atoms with Crippen molar-refractivity contribution in [2.45, 2.75) is 18.9 Å². The summed E-state index contributed by atoms with van der Waals surface area (Å²) < 4.78 is 15.2. The molecule has 172 valence electrons. The third kappa shape index (κ3) is 4.83. The van der Waals surface area contributed by atoms with Crippen LogP contribution in [0.1, 0.15) is 23.6 Å². The van der Waals surface area contributed by atoms with Crippen LogP contribution < -0.4 is 5.73 Å². The van der Waals surface area contributed by atoms with E-state index in [2.05, 4.69) is 49.4 Å². The Morgan fingerprint density at radius 2 is 1.76 bits per heavy atom. The highest BCUT2D eigenvalue weighted by Gasteiger charge is 2.24. The molecule has 1 aliphatic heterocycles. The van der Waals surface area contributed by atoms with E-state index in [1.165, 1.54) is 23.1 Å². The van der Waals surface area contributed by atoms with Crippen molar-refractivity contribution in [2.75, 3.05) is 39.3 Å². The van der Waals surface area contributed by atoms with Gasteiger partial charge in [0.2, 0.25) is 0 Å². The zero-order valence-corrected chi connectivity index (χ0v) is 18.7. The van der Waals surface area contributed by atoms with Crippen LogP contribution in [0.2, 0.25) is 0 Å². The molecule has 0 saturated carbocycles. The van der Waals surface area contributed by atoms with Crippen LogP contribution in [0.4, 0.5) is 4.39 Å². The molecule has 3 N–H and O–H groups in total. The maximum Gasteiger partial charge on any atom is 0.123 e. The van der Waals surface area contributed by atoms with Crippen LogP contribution in [0.5, 0.6) is 0 Å². The van der Waals surface area contributed by atoms with Crippen LogP contribution in [0, 0.1) is 5.82 Å². The first-order valence-corrected chi connectivity index (χ1v) is 11.6. The molecule has 1 aliphatic rings. The lowest BCUT2D eigenvalue weighted by molar-refractivity contribution is 0.0978. The lowest BCUT2D eigenvalue weighted by atomic mass is 10.0. The van der Waals surface area contributed by atoms with Crippen molar-refractivity contribution in [2.24, 2.45) is 5.73 Å². The van der Waals surface area contributed by atoms with Crippen LogP contribution in [-0.2, 0) is 6.42 Å². The van der Waals surface area contributed by atoms with Crippen LogP contribution in [0.15, 0.2) is 61.3 Å². The number of piperazine rings is 1. The van der Waals surface area contributed by atoms with E-state index < -0.39 is 0 Å². The molecule has 0 amide bonds. The Bertz CT molecular complexity index is 1160. The first-order chi connectivity index (χ1) is 16.2. The van der Waals surface area contributed by atoms with Gasteiger partial charge in [-0.1, -0.05) is 12.1 Å². The molecule has 0 radical (unpaired) electrons. The normalized spacial score (nSPS) is 16.4. The van der Waals surface area contributed by atoms with E-state index in [-0.39, 0.29) is 11.9 Å². The average molecular weight is 448 g/mol. The molecular weight excluding hydrogens is 417 g/mol. The van der Waals surface area contributed by atoms with E-state index in [0.29, 0.717) is 6.54 Å². The number of hydrogen-bond acceptors (Lipinski definition) is 5. The second-order valence-corrected chi connectivity index (χ2v) is 8.70. The second kappa shape index (κ2) is 9.82. The van der Waals surface area contributed by atoms with Gasteiger partial charge in [0, 0.05) is 61.6 Å². The van der Waals surface area contributed by atoms with Crippen LogP contribution >= 0.6 is 0 Å². The van der Waals surface area contributed by atoms with Gasteiger partial charge >= 0.3 is 0 Å². The minimum atomic E-state index is -0.204. The van der Waals surface area contributed by atoms with Crippen LogP contribution in [0.3, 0.4) is 0 Å². The summed E-state index contributed by atoms with van der Waals surface area (Å²) in [4.78, 5) is 8.36. The predicted octanol–water partition coefficient (Wildman–Crippen LogP) is 3.14. The van der Waals surface area contributed by atoms with Gasteiger partial charge in [-0.15, -0.1) is 10.2 Å². The Morgan fingerprint density at radius 3 is 2.48 bits per heavy atom. The lowest BCUT2D eigenvalue weighted by Crippen LogP contribution is -2.49. The Morgan fingerprint density at radius 1 is 1.00 bits per heavy atom. The molecule has 0 spiro atoms. The fourth-order valence-electron chi connectivity index (χ4n) is 4.84. The number of benzene rings is 2. The zero-order chi connectivity index (χ0) is 22.6. The average Bonchev–Trinajstić information content (AvgIpc) is 3.52. The van der Waals surface area contributed by atoms with Gasteiger partial charge in [-0.3, -0.25) is 9.47 Å². The Kier molecular flexibility index (Phi) is 6.48. The van der Waals surface area contributed by atoms with E-state index in [1.807, 2.05) is 16.7 Å². The number of halogens is 1. The summed E-state index contributed by atoms with van der Waals surface area (Å²) in [7, 11) is 0. The maximum atomic E-state index is 13.3. The minimum Gasteiger partial charge on any atom is -0.361 e. The summed E-state index contributed by atoms with van der Waals surface area (Å²) >= 11 is 0. The third-order valence-corrected chi connectivity index (χ3v) is 6.71. The van der Waals surface area contributed by atoms with Crippen LogP contribution in [-0.4, -0.2) is 68.8 Å². The minimum absolute atomic E-state index is 0.152. The molecule has 33 heavy (non-hydrogen) atoms. The van der Waals surface area contributed by atoms with E-state index in [1.54, 1.807) is 12.7 Å². The molecule has 4 aromatic rings. The molecule has 7 nitrogen and oxygen atoms in total. The summed E-state index contributed by atoms with van der Waals surface area (Å²) in [5.41, 5.74) is 10.7. The summed E-state index contributed by atoms with van der Waals surface area (Å²) in [6.45, 7) is 5.65. The molecule has 0 bridgehead atoms. The molecule has 3 heterocycles. The third-order valence-electron chi connectivity index (χ3n) is 6.71. The Labute approximate surface area is 193 Å². The number of nitrogens with one attached hydrogen (secondary N) is 1. The summed E-state index contributed by atoms with van der Waals surface area (Å²) in [5.74, 6) is -0.204. The van der Waals surface area contributed by atoms with Crippen molar-refractivity contribution in [1.82, 2.24) is 29.5 Å². The number of hydrogen-bond donors (Lipinski definition) is 2. The number of H-pyrrole nitrogens is 1. The van der Waals surface area contributed by atoms with Gasteiger partial charge in [-0.2, -0.15) is 0 Å². The molecule has 5 rings (SSSR count). The molecule has 8 heteroatoms. The van der Waals surface area contributed by atoms with Crippen molar-refractivity contribution < 1.29 is 4.39 Å². The van der Waals surface area contributed by atoms with Gasteiger partial charge in [0.25, 0.3) is 0 Å². The standard InChI is InChI=1S/C25H30FN7/c26-21-5-3-19(4-6-21)25(15-27)32-12-10-31(11-13-32)9-1-2-20-16-28-24-8-7-22(14-23(20)24)33-17-29-30-18-33/h3-8,14,16-18,25,28H,1-2,9-13,15,27H2. The first-order valence-electron chi connectivity index (χ1n) is 11.6. The monoisotopic (exact) mass is 447 g/mol. The number of aromatic nitrogens is 4. The molecule has 1 fully saturated rings. The summed E-state index contributed by atoms with van der Waals surface area (Å²) in [5, 5.41) is 9.07. The quantitative estimate of drug-likeness (QED) is 0.434. The fourth-order valence-corrected chi connectivity index (χ4v) is 4.84. The highest BCUT2D eigenvalue weighted by atomic mass is 19.1. The van der Waals surface area contributed by atoms with Gasteiger partial charge in [0.1, 0.15) is 18.5 Å². The molecule has 1 saturated heterocycles. The number of nitrogens with zero attached hydrogens (tertiary/aromatic N) is 5. The largest absolute Gasteiger partial charge is 0.361 e. The van der Waals surface area contributed by atoms with Crippen molar-refractivity contribution in [3.8, 4) is 5.69 Å². The highest BCUT2D eigenvalue weighted by molar-refractivity contribution is 5.85. The van der Waals surface area contributed by atoms with Crippen molar-refractivity contribution in [1.29, 1.82) is 0 Å². The molecule has 1 atom stereocenters. The van der Waals surface area contributed by atoms with Crippen molar-refractivity contribution >= 4 is 10.9 Å². The van der Waals surface area contributed by atoms with Crippen LogP contribution in [0.25, 0.3) is 16.6 Å². The molecule has 2 aromatic carbocycles. The SMILES string of the molecule is NCC(c1ccc(F)cc1)N1CCN(CCCc2c[nH]c3ccc(-n4cnnc4)cc23)CC1. The number of fused-ring (bicyclic) bond motifs is 1. The lowest BCUT2D eigenvalue weighted by Gasteiger charge is -2.39. The fraction of sp³-hybridized carbons (Fsp3) is 0.360. The van der Waals surface area contributed by atoms with E-state index in [4.69, 9.17) is 5.73 Å². The number of nitrogens with two attached hydrogens (primary N) is 1. The molecule has 2 aromatic heterocycles. The molecule has 1 unspecified atom stereocenters. The first kappa shape index (κ1) is 21.8. The summed E-state index contributed by atoms with van der Waals surface area (Å²) in [6.07, 6.45) is 7.72. The van der Waals surface area contributed by atoms with E-state index in [0.717, 1.165) is 62.3 Å². The Balaban J connectivity index is 1.14. The van der Waals surface area contributed by atoms with Crippen molar-refractivity contribution in [3.05, 3.63) is 78.3 Å². The van der Waals surface area contributed by atoms with E-state index in [9.17, 15) is 4.39 Å². The zero-order valence-electron chi connectivity index (χ0n) is 18.7. The number of rotatable bonds is 8. The van der Waals surface area contributed by atoms with Gasteiger partial charge in [-0.05, 0) is 60.8 Å². The molecular formula is C25H30FN7. The van der Waals surface area contributed by atoms with E-state index >= 15 is 0 Å². The predicted molar refractivity (Wildman–Crippen MR) is 128 cm³/mol. The smallest absolute Gasteiger partial charge is 0.123 e. The number of aryl methyl sites for hydroxylation is 1. The maximum absolute atomic E-state index is 13.3. The highest BCUT2D eigenvalue weighted by Crippen LogP contribution is 2.24. The van der Waals surface area contributed by atoms with Gasteiger partial charge in [0.15, 0.2) is 0 Å². The topological polar surface area (TPSA) is 79.0 Å². The van der Waals surface area contributed by atoms with Gasteiger partial charge in [0.05, 0.1) is 0 Å². The summed E-state index contributed by atoms with van der Waals surface area (Å²) in [6, 6.07) is 13.3.